The molecule has 21 heavy (non-hydrogen) atoms. The standard InChI is InChI=1S/C17H28N2O2/c1-4-19-10-8-15(9-11-19)18(3)13-14-6-7-16(20)17(12-14)21-5-2/h6-7,12,15,20H,4-5,8-11,13H2,1-3H3. The molecule has 1 fully saturated rings. The van der Waals surface area contributed by atoms with Crippen LogP contribution in [0.2, 0.25) is 0 Å². The molecule has 0 saturated carbocycles. The average Bonchev–Trinajstić information content (AvgIpc) is 2.51. The number of rotatable bonds is 6. The summed E-state index contributed by atoms with van der Waals surface area (Å²) >= 11 is 0. The second-order valence-electron chi connectivity index (χ2n) is 5.82. The molecular formula is C17H28N2O2. The molecule has 2 rings (SSSR count). The zero-order valence-corrected chi connectivity index (χ0v) is 13.5. The Hall–Kier alpha value is -1.26. The van der Waals surface area contributed by atoms with Crippen LogP contribution in [0, 0.1) is 0 Å². The zero-order chi connectivity index (χ0) is 15.2. The van der Waals surface area contributed by atoms with Crippen LogP contribution in [-0.2, 0) is 6.54 Å². The van der Waals surface area contributed by atoms with Gasteiger partial charge in [0.05, 0.1) is 6.61 Å². The minimum Gasteiger partial charge on any atom is -0.504 e. The van der Waals surface area contributed by atoms with Crippen molar-refractivity contribution in [3.8, 4) is 11.5 Å². The lowest BCUT2D eigenvalue weighted by atomic mass is 10.0. The van der Waals surface area contributed by atoms with Gasteiger partial charge in [0.25, 0.3) is 0 Å². The van der Waals surface area contributed by atoms with E-state index in [0.29, 0.717) is 18.4 Å². The Morgan fingerprint density at radius 2 is 2.00 bits per heavy atom. The molecule has 4 heteroatoms. The Morgan fingerprint density at radius 3 is 2.62 bits per heavy atom. The van der Waals surface area contributed by atoms with Crippen LogP contribution in [0.15, 0.2) is 18.2 Å². The van der Waals surface area contributed by atoms with Crippen LogP contribution in [-0.4, -0.2) is 54.2 Å². The number of hydrogen-bond donors (Lipinski definition) is 1. The molecule has 1 aromatic carbocycles. The summed E-state index contributed by atoms with van der Waals surface area (Å²) in [7, 11) is 2.19. The maximum absolute atomic E-state index is 9.76. The predicted molar refractivity (Wildman–Crippen MR) is 85.9 cm³/mol. The summed E-state index contributed by atoms with van der Waals surface area (Å²) < 4.78 is 5.46. The summed E-state index contributed by atoms with van der Waals surface area (Å²) in [6, 6.07) is 6.32. The second kappa shape index (κ2) is 7.66. The quantitative estimate of drug-likeness (QED) is 0.874. The van der Waals surface area contributed by atoms with E-state index in [-0.39, 0.29) is 5.75 Å². The molecule has 0 amide bonds. The van der Waals surface area contributed by atoms with E-state index in [9.17, 15) is 5.11 Å². The van der Waals surface area contributed by atoms with Crippen molar-refractivity contribution in [2.75, 3.05) is 33.3 Å². The lowest BCUT2D eigenvalue weighted by Gasteiger charge is -2.36. The number of phenols is 1. The molecule has 1 heterocycles. The van der Waals surface area contributed by atoms with Crippen LogP contribution in [0.5, 0.6) is 11.5 Å². The first-order valence-corrected chi connectivity index (χ1v) is 8.01. The van der Waals surface area contributed by atoms with Crippen LogP contribution < -0.4 is 4.74 Å². The Kier molecular flexibility index (Phi) is 5.88. The molecule has 1 N–H and O–H groups in total. The Bertz CT molecular complexity index is 442. The fourth-order valence-corrected chi connectivity index (χ4v) is 3.02. The summed E-state index contributed by atoms with van der Waals surface area (Å²) in [6.07, 6.45) is 2.47. The van der Waals surface area contributed by atoms with E-state index in [2.05, 4.69) is 23.8 Å². The van der Waals surface area contributed by atoms with Gasteiger partial charge in [-0.25, -0.2) is 0 Å². The molecule has 1 aliphatic rings. The van der Waals surface area contributed by atoms with Gasteiger partial charge in [0.2, 0.25) is 0 Å². The van der Waals surface area contributed by atoms with Crippen molar-refractivity contribution < 1.29 is 9.84 Å². The highest BCUT2D eigenvalue weighted by Crippen LogP contribution is 2.28. The zero-order valence-electron chi connectivity index (χ0n) is 13.5. The summed E-state index contributed by atoms with van der Waals surface area (Å²) in [5.41, 5.74) is 1.19. The van der Waals surface area contributed by atoms with Crippen LogP contribution in [0.4, 0.5) is 0 Å². The third-order valence-corrected chi connectivity index (χ3v) is 4.38. The number of ether oxygens (including phenoxy) is 1. The maximum Gasteiger partial charge on any atom is 0.161 e. The third kappa shape index (κ3) is 4.35. The SMILES string of the molecule is CCOc1cc(CN(C)C2CCN(CC)CC2)ccc1O. The van der Waals surface area contributed by atoms with E-state index >= 15 is 0 Å². The van der Waals surface area contributed by atoms with Crippen molar-refractivity contribution >= 4 is 0 Å². The fourth-order valence-electron chi connectivity index (χ4n) is 3.02. The van der Waals surface area contributed by atoms with Gasteiger partial charge in [0.1, 0.15) is 0 Å². The Labute approximate surface area is 128 Å². The summed E-state index contributed by atoms with van der Waals surface area (Å²) in [4.78, 5) is 4.94. The normalized spacial score (nSPS) is 17.3. The van der Waals surface area contributed by atoms with Gasteiger partial charge in [0.15, 0.2) is 11.5 Å². The smallest absolute Gasteiger partial charge is 0.161 e. The molecule has 4 nitrogen and oxygen atoms in total. The maximum atomic E-state index is 9.76. The van der Waals surface area contributed by atoms with E-state index in [0.717, 1.165) is 13.1 Å². The topological polar surface area (TPSA) is 35.9 Å². The largest absolute Gasteiger partial charge is 0.504 e. The van der Waals surface area contributed by atoms with Gasteiger partial charge in [-0.3, -0.25) is 4.90 Å². The molecule has 0 atom stereocenters. The van der Waals surface area contributed by atoms with Gasteiger partial charge in [0, 0.05) is 12.6 Å². The fraction of sp³-hybridized carbons (Fsp3) is 0.647. The van der Waals surface area contributed by atoms with Crippen molar-refractivity contribution in [3.63, 3.8) is 0 Å². The molecular weight excluding hydrogens is 264 g/mol. The number of phenolic OH excluding ortho intramolecular Hbond substituents is 1. The van der Waals surface area contributed by atoms with E-state index in [4.69, 9.17) is 4.74 Å². The first-order chi connectivity index (χ1) is 10.1. The highest BCUT2D eigenvalue weighted by Gasteiger charge is 2.21. The Balaban J connectivity index is 1.93. The van der Waals surface area contributed by atoms with E-state index in [1.54, 1.807) is 6.07 Å². The minimum atomic E-state index is 0.222. The highest BCUT2D eigenvalue weighted by molar-refractivity contribution is 5.41. The first kappa shape index (κ1) is 16.1. The van der Waals surface area contributed by atoms with E-state index in [1.165, 1.54) is 31.5 Å². The van der Waals surface area contributed by atoms with Crippen LogP contribution >= 0.6 is 0 Å². The van der Waals surface area contributed by atoms with Crippen LogP contribution in [0.25, 0.3) is 0 Å². The lowest BCUT2D eigenvalue weighted by Crippen LogP contribution is -2.42. The van der Waals surface area contributed by atoms with E-state index < -0.39 is 0 Å². The first-order valence-electron chi connectivity index (χ1n) is 8.01. The molecule has 0 aromatic heterocycles. The third-order valence-electron chi connectivity index (χ3n) is 4.38. The molecule has 0 bridgehead atoms. The van der Waals surface area contributed by atoms with Crippen molar-refractivity contribution in [1.29, 1.82) is 0 Å². The summed E-state index contributed by atoms with van der Waals surface area (Å²) in [6.45, 7) is 9.19. The lowest BCUT2D eigenvalue weighted by molar-refractivity contribution is 0.127. The van der Waals surface area contributed by atoms with Gasteiger partial charge in [-0.05, 0) is 64.1 Å². The van der Waals surface area contributed by atoms with Gasteiger partial charge >= 0.3 is 0 Å². The number of likely N-dealkylation sites (tertiary alicyclic amines) is 1. The molecule has 1 saturated heterocycles. The number of aromatic hydroxyl groups is 1. The minimum absolute atomic E-state index is 0.222. The summed E-state index contributed by atoms with van der Waals surface area (Å²) in [5, 5.41) is 9.76. The van der Waals surface area contributed by atoms with Crippen molar-refractivity contribution in [2.24, 2.45) is 0 Å². The van der Waals surface area contributed by atoms with Crippen molar-refractivity contribution in [1.82, 2.24) is 9.80 Å². The molecule has 0 unspecified atom stereocenters. The van der Waals surface area contributed by atoms with Gasteiger partial charge < -0.3 is 14.7 Å². The van der Waals surface area contributed by atoms with Crippen molar-refractivity contribution in [2.45, 2.75) is 39.3 Å². The molecule has 118 valence electrons. The average molecular weight is 292 g/mol. The molecule has 0 spiro atoms. The van der Waals surface area contributed by atoms with E-state index in [1.807, 2.05) is 19.1 Å². The molecule has 1 aromatic rings. The number of hydrogen-bond acceptors (Lipinski definition) is 4. The number of benzene rings is 1. The molecule has 0 aliphatic carbocycles. The predicted octanol–water partition coefficient (Wildman–Crippen LogP) is 2.71. The highest BCUT2D eigenvalue weighted by atomic mass is 16.5. The second-order valence-corrected chi connectivity index (χ2v) is 5.82. The van der Waals surface area contributed by atoms with Gasteiger partial charge in [-0.15, -0.1) is 0 Å². The monoisotopic (exact) mass is 292 g/mol. The molecule has 0 radical (unpaired) electrons. The van der Waals surface area contributed by atoms with Gasteiger partial charge in [-0.2, -0.15) is 0 Å². The Morgan fingerprint density at radius 1 is 1.29 bits per heavy atom. The summed E-state index contributed by atoms with van der Waals surface area (Å²) in [5.74, 6) is 0.809. The number of piperidine rings is 1. The van der Waals surface area contributed by atoms with Gasteiger partial charge in [-0.1, -0.05) is 13.0 Å². The number of nitrogens with zero attached hydrogens (tertiary/aromatic N) is 2. The molecule has 1 aliphatic heterocycles. The van der Waals surface area contributed by atoms with Crippen LogP contribution in [0.3, 0.4) is 0 Å². The van der Waals surface area contributed by atoms with Crippen LogP contribution in [0.1, 0.15) is 32.3 Å². The van der Waals surface area contributed by atoms with Crippen molar-refractivity contribution in [3.05, 3.63) is 23.8 Å².